The Kier molecular flexibility index (Phi) is 13.6. The van der Waals surface area contributed by atoms with Gasteiger partial charge >= 0.3 is 12.1 Å². The number of nitrogens with zero attached hydrogens (tertiary/aromatic N) is 3. The van der Waals surface area contributed by atoms with E-state index in [1.54, 1.807) is 37.3 Å². The minimum atomic E-state index is -3.47. The standard InChI is InChI=1S/C39H45N5O11S/c1-6-52-23-35(47)40-18-34(46)41-27-13-11-25(12-14-27)21-54-39(49)55-37-30(26(20-45)22-53-38(37)48)17-33-36-31(19-43(33)4)28(29-9-7-8-10-32(29)42-36)15-16-44(24(2)3)56(5,50)51/h7-14,17,20,24,37H,6,15-16,18-19,21-23H2,1-5H3,(H,40,47)(H,41,46)/b33-17-. The Morgan fingerprint density at radius 3 is 2.52 bits per heavy atom. The van der Waals surface area contributed by atoms with Crippen molar-refractivity contribution in [3.8, 4) is 0 Å². The molecule has 1 atom stereocenters. The van der Waals surface area contributed by atoms with E-state index in [4.69, 9.17) is 23.9 Å². The van der Waals surface area contributed by atoms with Crippen LogP contribution in [0.5, 0.6) is 0 Å². The first-order chi connectivity index (χ1) is 26.7. The monoisotopic (exact) mass is 791 g/mol. The fraction of sp³-hybridized carbons (Fsp3) is 0.385. The average molecular weight is 792 g/mol. The molecule has 1 aromatic heterocycles. The minimum Gasteiger partial charge on any atom is -0.458 e. The van der Waals surface area contributed by atoms with Crippen LogP contribution in [0.15, 0.2) is 65.8 Å². The molecule has 2 N–H and O–H groups in total. The van der Waals surface area contributed by atoms with Gasteiger partial charge in [0, 0.05) is 60.6 Å². The SMILES string of the molecule is CCOCC(=O)NCC(=O)Nc1ccc(COC(=O)OC2C(=O)OCC(C=O)=C2/C=C2/c3nc4ccccc4c(CCN(C(C)C)S(C)(=O)=O)c3CN2C)cc1. The summed E-state index contributed by atoms with van der Waals surface area (Å²) in [6, 6.07) is 13.7. The molecule has 2 amide bonds. The molecule has 17 heteroatoms. The zero-order valence-electron chi connectivity index (χ0n) is 31.8. The Morgan fingerprint density at radius 2 is 1.84 bits per heavy atom. The molecule has 0 spiro atoms. The Morgan fingerprint density at radius 1 is 1.11 bits per heavy atom. The maximum absolute atomic E-state index is 13.1. The number of esters is 1. The molecule has 56 heavy (non-hydrogen) atoms. The second kappa shape index (κ2) is 18.3. The fourth-order valence-electron chi connectivity index (χ4n) is 6.42. The summed E-state index contributed by atoms with van der Waals surface area (Å²) in [5.41, 5.74) is 4.79. The van der Waals surface area contributed by atoms with Crippen LogP contribution < -0.4 is 10.6 Å². The maximum Gasteiger partial charge on any atom is 0.509 e. The molecule has 2 aliphatic rings. The number of pyridine rings is 1. The van der Waals surface area contributed by atoms with E-state index in [9.17, 15) is 32.4 Å². The second-order valence-corrected chi connectivity index (χ2v) is 15.4. The van der Waals surface area contributed by atoms with Crippen LogP contribution in [-0.2, 0) is 67.7 Å². The number of anilines is 1. The molecule has 0 saturated heterocycles. The van der Waals surface area contributed by atoms with Crippen molar-refractivity contribution in [1.82, 2.24) is 19.5 Å². The number of hydrogen-bond acceptors (Lipinski definition) is 13. The van der Waals surface area contributed by atoms with E-state index < -0.39 is 40.1 Å². The molecular formula is C39H45N5O11S. The van der Waals surface area contributed by atoms with Gasteiger partial charge in [-0.3, -0.25) is 14.4 Å². The average Bonchev–Trinajstić information content (AvgIpc) is 3.47. The molecule has 2 aromatic carbocycles. The Hall–Kier alpha value is -5.65. The van der Waals surface area contributed by atoms with Gasteiger partial charge in [-0.2, -0.15) is 4.31 Å². The van der Waals surface area contributed by atoms with Gasteiger partial charge in [-0.1, -0.05) is 30.3 Å². The van der Waals surface area contributed by atoms with Crippen LogP contribution in [0.25, 0.3) is 16.6 Å². The number of sulfonamides is 1. The van der Waals surface area contributed by atoms with Crippen LogP contribution in [0.4, 0.5) is 10.5 Å². The van der Waals surface area contributed by atoms with E-state index >= 15 is 0 Å². The highest BCUT2D eigenvalue weighted by molar-refractivity contribution is 7.88. The number of nitrogens with one attached hydrogen (secondary N) is 2. The number of fused-ring (bicyclic) bond motifs is 2. The van der Waals surface area contributed by atoms with E-state index in [1.807, 2.05) is 50.1 Å². The highest BCUT2D eigenvalue weighted by Gasteiger charge is 2.37. The summed E-state index contributed by atoms with van der Waals surface area (Å²) in [5.74, 6) is -1.76. The number of hydrogen-bond donors (Lipinski definition) is 2. The van der Waals surface area contributed by atoms with Crippen molar-refractivity contribution >= 4 is 62.5 Å². The molecular weight excluding hydrogens is 747 g/mol. The third kappa shape index (κ3) is 10.1. The molecule has 3 heterocycles. The van der Waals surface area contributed by atoms with E-state index in [-0.39, 0.29) is 50.1 Å². The largest absolute Gasteiger partial charge is 0.509 e. The van der Waals surface area contributed by atoms with Gasteiger partial charge in [0.15, 0.2) is 0 Å². The molecule has 298 valence electrons. The summed E-state index contributed by atoms with van der Waals surface area (Å²) in [6.07, 6.45) is 0.919. The summed E-state index contributed by atoms with van der Waals surface area (Å²) in [5, 5.41) is 5.97. The third-order valence-electron chi connectivity index (χ3n) is 9.11. The molecule has 5 rings (SSSR count). The first kappa shape index (κ1) is 41.5. The van der Waals surface area contributed by atoms with Crippen molar-refractivity contribution in [3.05, 3.63) is 88.1 Å². The number of amides is 2. The van der Waals surface area contributed by atoms with Gasteiger partial charge in [-0.25, -0.2) is 23.0 Å². The smallest absolute Gasteiger partial charge is 0.458 e. The van der Waals surface area contributed by atoms with Crippen LogP contribution in [0.2, 0.25) is 0 Å². The second-order valence-electron chi connectivity index (χ2n) is 13.4. The van der Waals surface area contributed by atoms with Gasteiger partial charge in [-0.05, 0) is 62.6 Å². The topological polar surface area (TPSA) is 200 Å². The van der Waals surface area contributed by atoms with Gasteiger partial charge in [0.25, 0.3) is 0 Å². The number of aromatic nitrogens is 1. The van der Waals surface area contributed by atoms with E-state index in [2.05, 4.69) is 10.6 Å². The number of para-hydroxylation sites is 1. The van der Waals surface area contributed by atoms with Crippen LogP contribution in [0.1, 0.15) is 43.2 Å². The molecule has 0 fully saturated rings. The molecule has 1 unspecified atom stereocenters. The summed E-state index contributed by atoms with van der Waals surface area (Å²) in [7, 11) is -1.65. The number of benzene rings is 2. The minimum absolute atomic E-state index is 0.0879. The lowest BCUT2D eigenvalue weighted by Crippen LogP contribution is -2.37. The van der Waals surface area contributed by atoms with Crippen LogP contribution in [-0.4, -0.2) is 111 Å². The van der Waals surface area contributed by atoms with E-state index in [0.29, 0.717) is 54.0 Å². The van der Waals surface area contributed by atoms with Crippen molar-refractivity contribution in [3.63, 3.8) is 0 Å². The van der Waals surface area contributed by atoms with Gasteiger partial charge in [0.1, 0.15) is 26.1 Å². The summed E-state index contributed by atoms with van der Waals surface area (Å²) in [4.78, 5) is 69.0. The van der Waals surface area contributed by atoms with Crippen LogP contribution in [0, 0.1) is 0 Å². The molecule has 0 saturated carbocycles. The van der Waals surface area contributed by atoms with Crippen molar-refractivity contribution in [2.75, 3.05) is 51.5 Å². The van der Waals surface area contributed by atoms with Gasteiger partial charge in [0.2, 0.25) is 27.9 Å². The van der Waals surface area contributed by atoms with Crippen molar-refractivity contribution < 1.29 is 51.3 Å². The van der Waals surface area contributed by atoms with E-state index in [0.717, 1.165) is 16.5 Å². The molecule has 2 aliphatic heterocycles. The highest BCUT2D eigenvalue weighted by atomic mass is 32.2. The Bertz CT molecular complexity index is 2170. The van der Waals surface area contributed by atoms with E-state index in [1.165, 1.54) is 10.6 Å². The van der Waals surface area contributed by atoms with Crippen molar-refractivity contribution in [2.24, 2.45) is 0 Å². The van der Waals surface area contributed by atoms with Crippen molar-refractivity contribution in [1.29, 1.82) is 0 Å². The molecule has 0 radical (unpaired) electrons. The fourth-order valence-corrected chi connectivity index (χ4v) is 7.61. The normalized spacial score (nSPS) is 16.3. The first-order valence-electron chi connectivity index (χ1n) is 17.9. The van der Waals surface area contributed by atoms with Crippen LogP contribution >= 0.6 is 0 Å². The Labute approximate surface area is 324 Å². The Balaban J connectivity index is 1.32. The lowest BCUT2D eigenvalue weighted by molar-refractivity contribution is -0.153. The van der Waals surface area contributed by atoms with Crippen molar-refractivity contribution in [2.45, 2.75) is 52.5 Å². The number of rotatable bonds is 16. The summed E-state index contributed by atoms with van der Waals surface area (Å²) in [6.45, 7) is 5.47. The molecule has 3 aromatic rings. The lowest BCUT2D eigenvalue weighted by atomic mass is 9.96. The molecule has 0 aliphatic carbocycles. The maximum atomic E-state index is 13.1. The number of carbonyl (C=O) groups excluding carboxylic acids is 5. The summed E-state index contributed by atoms with van der Waals surface area (Å²) >= 11 is 0. The molecule has 0 bridgehead atoms. The van der Waals surface area contributed by atoms with Gasteiger partial charge in [-0.15, -0.1) is 0 Å². The molecule has 16 nitrogen and oxygen atoms in total. The highest BCUT2D eigenvalue weighted by Crippen LogP contribution is 2.38. The van der Waals surface area contributed by atoms with Gasteiger partial charge < -0.3 is 34.5 Å². The number of carbonyl (C=O) groups is 5. The number of ether oxygens (including phenoxy) is 4. The lowest BCUT2D eigenvalue weighted by Gasteiger charge is -2.25. The predicted octanol–water partition coefficient (Wildman–Crippen LogP) is 3.10. The van der Waals surface area contributed by atoms with Gasteiger partial charge in [0.05, 0.1) is 29.7 Å². The quantitative estimate of drug-likeness (QED) is 0.159. The number of aldehydes is 1. The zero-order valence-corrected chi connectivity index (χ0v) is 32.6. The predicted molar refractivity (Wildman–Crippen MR) is 205 cm³/mol. The summed E-state index contributed by atoms with van der Waals surface area (Å²) < 4.78 is 47.5. The third-order valence-corrected chi connectivity index (χ3v) is 10.6. The number of cyclic esters (lactones) is 1. The van der Waals surface area contributed by atoms with Crippen LogP contribution in [0.3, 0.4) is 0 Å². The zero-order chi connectivity index (χ0) is 40.6. The first-order valence-corrected chi connectivity index (χ1v) is 19.8.